The van der Waals surface area contributed by atoms with E-state index in [1.54, 1.807) is 31.2 Å². The highest BCUT2D eigenvalue weighted by molar-refractivity contribution is 7.20. The molecule has 5 heterocycles. The van der Waals surface area contributed by atoms with Crippen molar-refractivity contribution in [3.8, 4) is 17.1 Å². The Morgan fingerprint density at radius 3 is 2.66 bits per heavy atom. The van der Waals surface area contributed by atoms with Crippen molar-refractivity contribution in [2.75, 3.05) is 19.5 Å². The van der Waals surface area contributed by atoms with Gasteiger partial charge in [-0.15, -0.1) is 16.4 Å². The second-order valence-electron chi connectivity index (χ2n) is 8.79. The summed E-state index contributed by atoms with van der Waals surface area (Å²) in [5.74, 6) is 0.461. The van der Waals surface area contributed by atoms with Crippen LogP contribution in [0.15, 0.2) is 36.8 Å². The number of nitrogens with one attached hydrogen (secondary N) is 1. The molecule has 5 aromatic rings. The Bertz CT molecular complexity index is 1690. The molecule has 2 atom stereocenters. The number of thiophene rings is 1. The Kier molecular flexibility index (Phi) is 5.52. The van der Waals surface area contributed by atoms with E-state index < -0.39 is 24.2 Å². The second-order valence-corrected chi connectivity index (χ2v) is 9.79. The number of alkyl halides is 3. The summed E-state index contributed by atoms with van der Waals surface area (Å²) >= 11 is 1.18. The van der Waals surface area contributed by atoms with Crippen molar-refractivity contribution in [1.29, 1.82) is 0 Å². The minimum Gasteiger partial charge on any atom is -0.497 e. The van der Waals surface area contributed by atoms with Crippen LogP contribution in [0.1, 0.15) is 39.3 Å². The maximum atomic E-state index is 14.1. The van der Waals surface area contributed by atoms with E-state index in [9.17, 15) is 18.0 Å². The third kappa shape index (κ3) is 3.74. The number of carbonyl (C=O) groups excluding carboxylic acids is 1. The van der Waals surface area contributed by atoms with Gasteiger partial charge in [0.2, 0.25) is 0 Å². The van der Waals surface area contributed by atoms with Gasteiger partial charge in [-0.3, -0.25) is 0 Å². The fourth-order valence-corrected chi connectivity index (χ4v) is 5.78. The quantitative estimate of drug-likeness (QED) is 0.317. The van der Waals surface area contributed by atoms with E-state index in [2.05, 4.69) is 25.5 Å². The average molecular weight is 544 g/mol. The van der Waals surface area contributed by atoms with Gasteiger partial charge in [0.05, 0.1) is 37.4 Å². The summed E-state index contributed by atoms with van der Waals surface area (Å²) in [7, 11) is 2.82. The average Bonchev–Trinajstić information content (AvgIpc) is 3.61. The number of methoxy groups -OCH3 is 2. The standard InChI is InChI=1S/C24H20F3N7O3S/c1-11-17-21-31-19(32-33(21)10-28-22(17)38-18(11)23(35)37-3)14-9-29-34-16(24(25,26)27)8-15(30-20(14)34)12-4-6-13(36-2)7-5-12/h4-7,9-10,15-16,30H,8H2,1-3H3/t15-,16-/m0/s1. The van der Waals surface area contributed by atoms with E-state index in [1.807, 2.05) is 0 Å². The zero-order valence-corrected chi connectivity index (χ0v) is 21.1. The van der Waals surface area contributed by atoms with Crippen molar-refractivity contribution in [3.63, 3.8) is 0 Å². The van der Waals surface area contributed by atoms with Gasteiger partial charge in [-0.1, -0.05) is 12.1 Å². The van der Waals surface area contributed by atoms with Gasteiger partial charge in [0.1, 0.15) is 27.6 Å². The molecule has 6 rings (SSSR count). The fourth-order valence-electron chi connectivity index (χ4n) is 4.72. The Balaban J connectivity index is 1.47. The van der Waals surface area contributed by atoms with Crippen molar-refractivity contribution in [2.24, 2.45) is 0 Å². The number of fused-ring (bicyclic) bond motifs is 4. The Morgan fingerprint density at radius 1 is 1.21 bits per heavy atom. The molecule has 0 radical (unpaired) electrons. The smallest absolute Gasteiger partial charge is 0.410 e. The molecular formula is C24H20F3N7O3S. The first kappa shape index (κ1) is 24.2. The first-order chi connectivity index (χ1) is 18.2. The van der Waals surface area contributed by atoms with Crippen LogP contribution in [-0.2, 0) is 4.74 Å². The summed E-state index contributed by atoms with van der Waals surface area (Å²) in [6.45, 7) is 1.76. The van der Waals surface area contributed by atoms with Crippen LogP contribution in [0, 0.1) is 6.92 Å². The van der Waals surface area contributed by atoms with Crippen molar-refractivity contribution in [3.05, 3.63) is 52.8 Å². The number of halogens is 3. The fraction of sp³-hybridized carbons (Fsp3) is 0.292. The van der Waals surface area contributed by atoms with Crippen LogP contribution < -0.4 is 10.1 Å². The summed E-state index contributed by atoms with van der Waals surface area (Å²) in [6.07, 6.45) is -1.98. The third-order valence-electron chi connectivity index (χ3n) is 6.64. The third-order valence-corrected chi connectivity index (χ3v) is 7.82. The largest absolute Gasteiger partial charge is 0.497 e. The monoisotopic (exact) mass is 543 g/mol. The molecule has 0 aliphatic carbocycles. The van der Waals surface area contributed by atoms with E-state index in [1.165, 1.54) is 42.6 Å². The molecule has 0 fully saturated rings. The number of aromatic nitrogens is 6. The lowest BCUT2D eigenvalue weighted by atomic mass is 9.96. The summed E-state index contributed by atoms with van der Waals surface area (Å²) in [4.78, 5) is 22.2. The van der Waals surface area contributed by atoms with Gasteiger partial charge in [-0.25, -0.2) is 24.0 Å². The van der Waals surface area contributed by atoms with Crippen LogP contribution in [0.25, 0.3) is 27.3 Å². The Morgan fingerprint density at radius 2 is 1.97 bits per heavy atom. The molecule has 0 unspecified atom stereocenters. The molecule has 0 amide bonds. The number of aryl methyl sites for hydroxylation is 1. The number of rotatable bonds is 4. The second kappa shape index (κ2) is 8.68. The normalized spacial score (nSPS) is 17.4. The van der Waals surface area contributed by atoms with Gasteiger partial charge < -0.3 is 14.8 Å². The topological polar surface area (TPSA) is 108 Å². The van der Waals surface area contributed by atoms with Crippen LogP contribution in [0.3, 0.4) is 0 Å². The highest BCUT2D eigenvalue weighted by atomic mass is 32.1. The van der Waals surface area contributed by atoms with Gasteiger partial charge in [0.15, 0.2) is 17.5 Å². The molecule has 1 aliphatic rings. The summed E-state index contributed by atoms with van der Waals surface area (Å²) in [5, 5.41) is 12.4. The molecule has 0 saturated heterocycles. The summed E-state index contributed by atoms with van der Waals surface area (Å²) in [5.41, 5.74) is 2.05. The molecule has 14 heteroatoms. The number of hydrogen-bond acceptors (Lipinski definition) is 9. The number of carbonyl (C=O) groups is 1. The maximum Gasteiger partial charge on any atom is 0.410 e. The Hall–Kier alpha value is -4.20. The van der Waals surface area contributed by atoms with Crippen molar-refractivity contribution in [2.45, 2.75) is 31.6 Å². The van der Waals surface area contributed by atoms with Crippen LogP contribution >= 0.6 is 11.3 Å². The van der Waals surface area contributed by atoms with Gasteiger partial charge >= 0.3 is 12.1 Å². The lowest BCUT2D eigenvalue weighted by molar-refractivity contribution is -0.173. The number of anilines is 1. The van der Waals surface area contributed by atoms with E-state index in [4.69, 9.17) is 9.47 Å². The van der Waals surface area contributed by atoms with Gasteiger partial charge in [0, 0.05) is 6.42 Å². The Labute approximate surface area is 217 Å². The van der Waals surface area contributed by atoms with Crippen molar-refractivity contribution >= 4 is 39.0 Å². The molecule has 0 bridgehead atoms. The number of ether oxygens (including phenoxy) is 2. The van der Waals surface area contributed by atoms with Gasteiger partial charge in [-0.05, 0) is 30.2 Å². The molecule has 1 aliphatic heterocycles. The first-order valence-corrected chi connectivity index (χ1v) is 12.3. The van der Waals surface area contributed by atoms with E-state index in [-0.39, 0.29) is 18.1 Å². The van der Waals surface area contributed by atoms with Crippen LogP contribution in [0.2, 0.25) is 0 Å². The first-order valence-electron chi connectivity index (χ1n) is 11.5. The summed E-state index contributed by atoms with van der Waals surface area (Å²) in [6, 6.07) is 4.41. The highest BCUT2D eigenvalue weighted by Crippen LogP contribution is 2.46. The van der Waals surface area contributed by atoms with Crippen LogP contribution in [0.4, 0.5) is 19.0 Å². The lowest BCUT2D eigenvalue weighted by Gasteiger charge is -2.34. The van der Waals surface area contributed by atoms with Crippen molar-refractivity contribution in [1.82, 2.24) is 29.4 Å². The minimum absolute atomic E-state index is 0.164. The number of benzene rings is 1. The lowest BCUT2D eigenvalue weighted by Crippen LogP contribution is -2.35. The van der Waals surface area contributed by atoms with Crippen molar-refractivity contribution < 1.29 is 27.4 Å². The maximum absolute atomic E-state index is 14.1. The molecule has 38 heavy (non-hydrogen) atoms. The predicted molar refractivity (Wildman–Crippen MR) is 133 cm³/mol. The number of nitrogens with zero attached hydrogens (tertiary/aromatic N) is 6. The predicted octanol–water partition coefficient (Wildman–Crippen LogP) is 4.97. The zero-order chi connectivity index (χ0) is 26.8. The van der Waals surface area contributed by atoms with Crippen LogP contribution in [-0.4, -0.2) is 55.7 Å². The summed E-state index contributed by atoms with van der Waals surface area (Å²) < 4.78 is 54.8. The van der Waals surface area contributed by atoms with Gasteiger partial charge in [0.25, 0.3) is 0 Å². The van der Waals surface area contributed by atoms with E-state index in [0.29, 0.717) is 43.2 Å². The number of esters is 1. The molecule has 4 aromatic heterocycles. The number of hydrogen-bond donors (Lipinski definition) is 1. The molecule has 0 spiro atoms. The van der Waals surface area contributed by atoms with E-state index >= 15 is 0 Å². The highest BCUT2D eigenvalue weighted by Gasteiger charge is 2.47. The SMILES string of the molecule is COC(=O)c1sc2ncn3nc(-c4cnn5c4N[C@H](c4ccc(OC)cc4)C[C@H]5C(F)(F)F)nc3c2c1C. The molecule has 1 aromatic carbocycles. The molecule has 1 N–H and O–H groups in total. The molecule has 196 valence electrons. The zero-order valence-electron chi connectivity index (χ0n) is 20.3. The molecule has 10 nitrogen and oxygen atoms in total. The minimum atomic E-state index is -4.52. The van der Waals surface area contributed by atoms with E-state index in [0.717, 1.165) is 4.68 Å². The van der Waals surface area contributed by atoms with Gasteiger partial charge in [-0.2, -0.15) is 18.3 Å². The molecular weight excluding hydrogens is 523 g/mol. The van der Waals surface area contributed by atoms with Crippen LogP contribution in [0.5, 0.6) is 5.75 Å². The molecule has 0 saturated carbocycles.